The molecule has 0 atom stereocenters. The highest BCUT2D eigenvalue weighted by Crippen LogP contribution is 2.32. The zero-order valence-electron chi connectivity index (χ0n) is 15.8. The summed E-state index contributed by atoms with van der Waals surface area (Å²) in [4.78, 5) is 0.768. The van der Waals surface area contributed by atoms with Crippen LogP contribution < -0.4 is 0 Å². The molecule has 8 nitrogen and oxygen atoms in total. The maximum Gasteiger partial charge on any atom is 0.235 e. The predicted octanol–water partition coefficient (Wildman–Crippen LogP) is 2.80. The summed E-state index contributed by atoms with van der Waals surface area (Å²) >= 11 is 1.53. The summed E-state index contributed by atoms with van der Waals surface area (Å²) in [5.74, 6) is 1.27. The molecule has 0 bridgehead atoms. The second-order valence-electron chi connectivity index (χ2n) is 7.04. The van der Waals surface area contributed by atoms with Gasteiger partial charge in [0.25, 0.3) is 0 Å². The van der Waals surface area contributed by atoms with Crippen molar-refractivity contribution in [3.63, 3.8) is 0 Å². The number of fused-ring (bicyclic) bond motifs is 1. The Hall–Kier alpha value is -2.55. The summed E-state index contributed by atoms with van der Waals surface area (Å²) < 4.78 is 5.54. The smallest absolute Gasteiger partial charge is 0.235 e. The van der Waals surface area contributed by atoms with Crippen LogP contribution >= 0.6 is 11.3 Å². The van der Waals surface area contributed by atoms with Crippen molar-refractivity contribution in [1.29, 1.82) is 0 Å². The van der Waals surface area contributed by atoms with Crippen LogP contribution in [-0.4, -0.2) is 39.4 Å². The molecule has 0 aliphatic carbocycles. The van der Waals surface area contributed by atoms with E-state index in [2.05, 4.69) is 47.2 Å². The lowest BCUT2D eigenvalue weighted by Gasteiger charge is -1.98. The van der Waals surface area contributed by atoms with Gasteiger partial charge in [0.15, 0.2) is 5.01 Å². The molecule has 0 saturated heterocycles. The van der Waals surface area contributed by atoms with Crippen LogP contribution in [0.2, 0.25) is 0 Å². The monoisotopic (exact) mass is 370 g/mol. The molecule has 4 heterocycles. The first-order chi connectivity index (χ1) is 12.3. The van der Waals surface area contributed by atoms with Crippen molar-refractivity contribution in [2.24, 2.45) is 20.0 Å². The molecule has 0 fully saturated rings. The average Bonchev–Trinajstić information content (AvgIpc) is 3.25. The van der Waals surface area contributed by atoms with Crippen LogP contribution in [0.15, 0.2) is 6.07 Å². The van der Waals surface area contributed by atoms with E-state index >= 15 is 0 Å². The van der Waals surface area contributed by atoms with Crippen molar-refractivity contribution < 1.29 is 0 Å². The highest BCUT2D eigenvalue weighted by molar-refractivity contribution is 7.19. The fourth-order valence-electron chi connectivity index (χ4n) is 3.21. The van der Waals surface area contributed by atoms with Crippen molar-refractivity contribution in [1.82, 2.24) is 39.4 Å². The van der Waals surface area contributed by atoms with E-state index in [0.717, 1.165) is 44.7 Å². The third-order valence-electron chi connectivity index (χ3n) is 4.49. The molecule has 9 heteroatoms. The molecule has 0 spiro atoms. The van der Waals surface area contributed by atoms with E-state index in [-0.39, 0.29) is 0 Å². The van der Waals surface area contributed by atoms with E-state index in [9.17, 15) is 0 Å². The van der Waals surface area contributed by atoms with Crippen LogP contribution in [0.1, 0.15) is 30.9 Å². The second-order valence-corrected chi connectivity index (χ2v) is 7.99. The molecular formula is C17H22N8S. The lowest BCUT2D eigenvalue weighted by atomic mass is 10.1. The minimum Gasteiger partial charge on any atom is -0.272 e. The Morgan fingerprint density at radius 2 is 1.81 bits per heavy atom. The van der Waals surface area contributed by atoms with Crippen LogP contribution in [-0.2, 0) is 20.5 Å². The van der Waals surface area contributed by atoms with Crippen LogP contribution in [0.3, 0.4) is 0 Å². The van der Waals surface area contributed by atoms with Gasteiger partial charge in [-0.1, -0.05) is 25.2 Å². The molecule has 0 aromatic carbocycles. The van der Waals surface area contributed by atoms with E-state index in [4.69, 9.17) is 5.10 Å². The highest BCUT2D eigenvalue weighted by atomic mass is 32.1. The molecule has 26 heavy (non-hydrogen) atoms. The molecule has 0 radical (unpaired) electrons. The number of aromatic nitrogens is 8. The largest absolute Gasteiger partial charge is 0.272 e. The predicted molar refractivity (Wildman–Crippen MR) is 101 cm³/mol. The van der Waals surface area contributed by atoms with Crippen molar-refractivity contribution in [3.8, 4) is 22.1 Å². The normalized spacial score (nSPS) is 12.0. The van der Waals surface area contributed by atoms with Crippen molar-refractivity contribution in [2.45, 2.75) is 34.1 Å². The molecule has 4 rings (SSSR count). The van der Waals surface area contributed by atoms with Crippen LogP contribution in [0.5, 0.6) is 0 Å². The first-order valence-corrected chi connectivity index (χ1v) is 9.43. The second kappa shape index (κ2) is 6.01. The fourth-order valence-corrected chi connectivity index (χ4v) is 4.20. The van der Waals surface area contributed by atoms with Gasteiger partial charge in [-0.15, -0.1) is 10.2 Å². The molecule has 0 amide bonds. The third-order valence-corrected chi connectivity index (χ3v) is 5.41. The summed E-state index contributed by atoms with van der Waals surface area (Å²) in [6.45, 7) is 8.44. The Morgan fingerprint density at radius 1 is 1.04 bits per heavy atom. The Kier molecular flexibility index (Phi) is 3.91. The van der Waals surface area contributed by atoms with Gasteiger partial charge in [0, 0.05) is 19.8 Å². The standard InChI is InChI=1S/C17H22N8S/c1-9(2)7-12-8-13(24(6)21-12)15-18-19-17-25(15)22-16(26-17)14-10(3)20-23(5)11(14)4/h8-9H,7H2,1-6H3. The number of aryl methyl sites for hydroxylation is 3. The van der Waals surface area contributed by atoms with Gasteiger partial charge >= 0.3 is 0 Å². The van der Waals surface area contributed by atoms with Crippen LogP contribution in [0, 0.1) is 19.8 Å². The topological polar surface area (TPSA) is 78.7 Å². The summed E-state index contributed by atoms with van der Waals surface area (Å²) in [6, 6.07) is 2.08. The summed E-state index contributed by atoms with van der Waals surface area (Å²) in [5.41, 5.74) is 5.11. The Balaban J connectivity index is 1.81. The van der Waals surface area contributed by atoms with E-state index in [1.54, 1.807) is 0 Å². The molecule has 136 valence electrons. The number of hydrogen-bond acceptors (Lipinski definition) is 6. The Bertz CT molecular complexity index is 1090. The highest BCUT2D eigenvalue weighted by Gasteiger charge is 2.21. The van der Waals surface area contributed by atoms with Gasteiger partial charge in [-0.2, -0.15) is 19.8 Å². The van der Waals surface area contributed by atoms with Crippen molar-refractivity contribution in [2.75, 3.05) is 0 Å². The molecule has 4 aromatic rings. The first kappa shape index (κ1) is 16.9. The molecule has 0 N–H and O–H groups in total. The quantitative estimate of drug-likeness (QED) is 0.552. The van der Waals surface area contributed by atoms with E-state index in [1.807, 2.05) is 34.9 Å². The summed E-state index contributed by atoms with van der Waals surface area (Å²) in [6.07, 6.45) is 0.937. The van der Waals surface area contributed by atoms with Crippen LogP contribution in [0.4, 0.5) is 0 Å². The molecular weight excluding hydrogens is 348 g/mol. The molecule has 0 aliphatic heterocycles. The molecule has 0 aliphatic rings. The molecule has 4 aromatic heterocycles. The van der Waals surface area contributed by atoms with E-state index < -0.39 is 0 Å². The van der Waals surface area contributed by atoms with Crippen molar-refractivity contribution >= 4 is 16.3 Å². The lowest BCUT2D eigenvalue weighted by molar-refractivity contribution is 0.621. The summed E-state index contributed by atoms with van der Waals surface area (Å²) in [5, 5.41) is 23.4. The van der Waals surface area contributed by atoms with Gasteiger partial charge in [0.05, 0.1) is 17.0 Å². The zero-order valence-corrected chi connectivity index (χ0v) is 16.7. The fraction of sp³-hybridized carbons (Fsp3) is 0.471. The maximum atomic E-state index is 4.78. The number of rotatable bonds is 4. The van der Waals surface area contributed by atoms with Gasteiger partial charge in [-0.3, -0.25) is 9.36 Å². The van der Waals surface area contributed by atoms with Gasteiger partial charge < -0.3 is 0 Å². The Morgan fingerprint density at radius 3 is 2.46 bits per heavy atom. The van der Waals surface area contributed by atoms with E-state index in [1.165, 1.54) is 11.3 Å². The molecule has 0 unspecified atom stereocenters. The van der Waals surface area contributed by atoms with Crippen molar-refractivity contribution in [3.05, 3.63) is 23.1 Å². The minimum atomic E-state index is 0.554. The zero-order chi connectivity index (χ0) is 18.6. The molecule has 0 saturated carbocycles. The first-order valence-electron chi connectivity index (χ1n) is 8.61. The number of hydrogen-bond donors (Lipinski definition) is 0. The van der Waals surface area contributed by atoms with Gasteiger partial charge in [0.2, 0.25) is 10.8 Å². The minimum absolute atomic E-state index is 0.554. The van der Waals surface area contributed by atoms with Gasteiger partial charge in [-0.25, -0.2) is 0 Å². The summed E-state index contributed by atoms with van der Waals surface area (Å²) in [7, 11) is 3.88. The number of nitrogens with zero attached hydrogens (tertiary/aromatic N) is 8. The van der Waals surface area contributed by atoms with Gasteiger partial charge in [0.1, 0.15) is 5.69 Å². The third kappa shape index (κ3) is 2.63. The Labute approximate surface area is 155 Å². The maximum absolute atomic E-state index is 4.78. The average molecular weight is 370 g/mol. The SMILES string of the molecule is Cc1nn(C)c(C)c1-c1nn2c(-c3cc(CC(C)C)nn3C)nnc2s1. The van der Waals surface area contributed by atoms with E-state index in [0.29, 0.717) is 11.7 Å². The van der Waals surface area contributed by atoms with Crippen LogP contribution in [0.25, 0.3) is 27.1 Å². The van der Waals surface area contributed by atoms with Gasteiger partial charge in [-0.05, 0) is 32.3 Å². The lowest BCUT2D eigenvalue weighted by Crippen LogP contribution is -1.99.